The normalized spacial score (nSPS) is 15.0. The summed E-state index contributed by atoms with van der Waals surface area (Å²) in [7, 11) is 1.74. The minimum absolute atomic E-state index is 0.114. The summed E-state index contributed by atoms with van der Waals surface area (Å²) >= 11 is 0. The molecule has 2 aromatic rings. The molecular weight excluding hydrogens is 412 g/mol. The van der Waals surface area contributed by atoms with Crippen LogP contribution in [0.15, 0.2) is 42.5 Å². The van der Waals surface area contributed by atoms with Gasteiger partial charge >= 0.3 is 0 Å². The molecule has 0 aromatic heterocycles. The Morgan fingerprint density at radius 3 is 2.47 bits per heavy atom. The Morgan fingerprint density at radius 2 is 1.69 bits per heavy atom. The average molecular weight is 441 g/mol. The van der Waals surface area contributed by atoms with Crippen LogP contribution in [0.2, 0.25) is 0 Å². The number of carbonyl (C=O) groups is 2. The summed E-state index contributed by atoms with van der Waals surface area (Å²) in [6.07, 6.45) is 0. The number of hydrogen-bond acceptors (Lipinski definition) is 7. The van der Waals surface area contributed by atoms with Crippen LogP contribution in [0, 0.1) is 0 Å². The first kappa shape index (κ1) is 21.9. The molecule has 170 valence electrons. The molecule has 2 aliphatic heterocycles. The molecule has 2 N–H and O–H groups in total. The molecule has 2 amide bonds. The van der Waals surface area contributed by atoms with Gasteiger partial charge in [0.05, 0.1) is 26.3 Å². The molecule has 1 saturated heterocycles. The van der Waals surface area contributed by atoms with E-state index in [0.717, 1.165) is 43.2 Å². The van der Waals surface area contributed by atoms with E-state index in [2.05, 4.69) is 15.5 Å². The van der Waals surface area contributed by atoms with Crippen molar-refractivity contribution in [2.75, 3.05) is 63.5 Å². The minimum atomic E-state index is -0.171. The van der Waals surface area contributed by atoms with Crippen LogP contribution in [0.4, 0.5) is 11.4 Å². The Kier molecular flexibility index (Phi) is 7.08. The Bertz CT molecular complexity index is 944. The fraction of sp³-hybridized carbons (Fsp3) is 0.391. The topological polar surface area (TPSA) is 92.4 Å². The number of hydrogen-bond donors (Lipinski definition) is 2. The summed E-state index contributed by atoms with van der Waals surface area (Å²) in [6, 6.07) is 13.3. The van der Waals surface area contributed by atoms with E-state index < -0.39 is 0 Å². The van der Waals surface area contributed by atoms with Crippen LogP contribution >= 0.6 is 0 Å². The summed E-state index contributed by atoms with van der Waals surface area (Å²) in [5.41, 5.74) is 2.76. The van der Waals surface area contributed by atoms with E-state index in [1.807, 2.05) is 42.5 Å². The Hall–Kier alpha value is -3.30. The summed E-state index contributed by atoms with van der Waals surface area (Å²) < 4.78 is 16.0. The molecular formula is C23H28N4O5. The molecule has 2 heterocycles. The van der Waals surface area contributed by atoms with Gasteiger partial charge in [-0.15, -0.1) is 0 Å². The molecule has 9 heteroatoms. The SMILES string of the molecule is CN(CC(=O)NCc1ccc2c(c1)OCO2)CC(=O)Nc1ccc(N2CCOCC2)cc1. The standard InChI is InChI=1S/C23H28N4O5/c1-26(14-22(28)24-13-17-2-7-20-21(12-17)32-16-31-20)15-23(29)25-18-3-5-19(6-4-18)27-8-10-30-11-9-27/h2-7,12H,8-11,13-16H2,1H3,(H,24,28)(H,25,29). The predicted octanol–water partition coefficient (Wildman–Crippen LogP) is 1.44. The maximum atomic E-state index is 12.3. The number of morpholine rings is 1. The van der Waals surface area contributed by atoms with E-state index in [9.17, 15) is 9.59 Å². The second kappa shape index (κ2) is 10.3. The lowest BCUT2D eigenvalue weighted by molar-refractivity contribution is -0.123. The minimum Gasteiger partial charge on any atom is -0.454 e. The van der Waals surface area contributed by atoms with Crippen LogP contribution in [0.3, 0.4) is 0 Å². The zero-order valence-corrected chi connectivity index (χ0v) is 18.1. The number of benzene rings is 2. The van der Waals surface area contributed by atoms with E-state index in [0.29, 0.717) is 18.0 Å². The lowest BCUT2D eigenvalue weighted by atomic mass is 10.2. The highest BCUT2D eigenvalue weighted by molar-refractivity contribution is 5.92. The number of nitrogens with one attached hydrogen (secondary N) is 2. The second-order valence-corrected chi connectivity index (χ2v) is 7.83. The van der Waals surface area contributed by atoms with E-state index in [1.54, 1.807) is 11.9 Å². The van der Waals surface area contributed by atoms with E-state index in [-0.39, 0.29) is 31.7 Å². The number of rotatable bonds is 8. The van der Waals surface area contributed by atoms with Gasteiger partial charge in [-0.2, -0.15) is 0 Å². The van der Waals surface area contributed by atoms with Crippen LogP contribution < -0.4 is 25.0 Å². The smallest absolute Gasteiger partial charge is 0.238 e. The number of nitrogens with zero attached hydrogens (tertiary/aromatic N) is 2. The van der Waals surface area contributed by atoms with Crippen molar-refractivity contribution in [2.24, 2.45) is 0 Å². The highest BCUT2D eigenvalue weighted by Gasteiger charge is 2.15. The van der Waals surface area contributed by atoms with Crippen molar-refractivity contribution in [3.63, 3.8) is 0 Å². The molecule has 32 heavy (non-hydrogen) atoms. The van der Waals surface area contributed by atoms with Crippen LogP contribution in [0.25, 0.3) is 0 Å². The van der Waals surface area contributed by atoms with Gasteiger partial charge < -0.3 is 29.7 Å². The van der Waals surface area contributed by atoms with Gasteiger partial charge in [0.2, 0.25) is 18.6 Å². The summed E-state index contributed by atoms with van der Waals surface area (Å²) in [6.45, 7) is 4.03. The Morgan fingerprint density at radius 1 is 0.969 bits per heavy atom. The Balaban J connectivity index is 1.18. The molecule has 2 aromatic carbocycles. The Labute approximate surface area is 187 Å². The third-order valence-electron chi connectivity index (χ3n) is 5.28. The maximum absolute atomic E-state index is 12.3. The van der Waals surface area contributed by atoms with Gasteiger partial charge in [0.15, 0.2) is 11.5 Å². The van der Waals surface area contributed by atoms with Crippen molar-refractivity contribution in [1.82, 2.24) is 10.2 Å². The number of ether oxygens (including phenoxy) is 3. The van der Waals surface area contributed by atoms with Gasteiger partial charge in [-0.25, -0.2) is 0 Å². The molecule has 2 aliphatic rings. The molecule has 0 saturated carbocycles. The van der Waals surface area contributed by atoms with E-state index in [4.69, 9.17) is 14.2 Å². The van der Waals surface area contributed by atoms with Crippen LogP contribution in [-0.2, 0) is 20.9 Å². The van der Waals surface area contributed by atoms with Crippen LogP contribution in [-0.4, -0.2) is 69.9 Å². The number of carbonyl (C=O) groups excluding carboxylic acids is 2. The first-order chi connectivity index (χ1) is 15.6. The lowest BCUT2D eigenvalue weighted by Gasteiger charge is -2.28. The second-order valence-electron chi connectivity index (χ2n) is 7.83. The van der Waals surface area contributed by atoms with Crippen LogP contribution in [0.1, 0.15) is 5.56 Å². The fourth-order valence-electron chi connectivity index (χ4n) is 3.63. The van der Waals surface area contributed by atoms with E-state index >= 15 is 0 Å². The predicted molar refractivity (Wildman–Crippen MR) is 120 cm³/mol. The van der Waals surface area contributed by atoms with Gasteiger partial charge in [0.25, 0.3) is 0 Å². The molecule has 0 atom stereocenters. The quantitative estimate of drug-likeness (QED) is 0.642. The first-order valence-corrected chi connectivity index (χ1v) is 10.6. The van der Waals surface area contributed by atoms with Crippen molar-refractivity contribution < 1.29 is 23.8 Å². The third kappa shape index (κ3) is 5.89. The van der Waals surface area contributed by atoms with Crippen molar-refractivity contribution in [3.05, 3.63) is 48.0 Å². The van der Waals surface area contributed by atoms with Gasteiger partial charge in [-0.05, 0) is 49.0 Å². The number of fused-ring (bicyclic) bond motifs is 1. The number of amides is 2. The van der Waals surface area contributed by atoms with Gasteiger partial charge in [-0.1, -0.05) is 6.07 Å². The van der Waals surface area contributed by atoms with Gasteiger partial charge in [0, 0.05) is 31.0 Å². The van der Waals surface area contributed by atoms with Gasteiger partial charge in [-0.3, -0.25) is 14.5 Å². The largest absolute Gasteiger partial charge is 0.454 e. The zero-order valence-electron chi connectivity index (χ0n) is 18.1. The van der Waals surface area contributed by atoms with E-state index in [1.165, 1.54) is 0 Å². The molecule has 0 unspecified atom stereocenters. The molecule has 9 nitrogen and oxygen atoms in total. The van der Waals surface area contributed by atoms with Crippen molar-refractivity contribution in [3.8, 4) is 11.5 Å². The molecule has 0 aliphatic carbocycles. The van der Waals surface area contributed by atoms with Crippen molar-refractivity contribution in [2.45, 2.75) is 6.54 Å². The first-order valence-electron chi connectivity index (χ1n) is 10.6. The molecule has 0 bridgehead atoms. The zero-order chi connectivity index (χ0) is 22.3. The fourth-order valence-corrected chi connectivity index (χ4v) is 3.63. The van der Waals surface area contributed by atoms with Crippen molar-refractivity contribution in [1.29, 1.82) is 0 Å². The number of anilines is 2. The highest BCUT2D eigenvalue weighted by Crippen LogP contribution is 2.32. The van der Waals surface area contributed by atoms with Crippen molar-refractivity contribution >= 4 is 23.2 Å². The monoisotopic (exact) mass is 440 g/mol. The number of likely N-dealkylation sites (N-methyl/N-ethyl adjacent to an activating group) is 1. The summed E-state index contributed by atoms with van der Waals surface area (Å²) in [5.74, 6) is 1.06. The highest BCUT2D eigenvalue weighted by atomic mass is 16.7. The molecule has 4 rings (SSSR count). The van der Waals surface area contributed by atoms with Crippen LogP contribution in [0.5, 0.6) is 11.5 Å². The maximum Gasteiger partial charge on any atom is 0.238 e. The average Bonchev–Trinajstić information content (AvgIpc) is 3.26. The summed E-state index contributed by atoms with van der Waals surface area (Å²) in [5, 5.41) is 5.74. The van der Waals surface area contributed by atoms with Gasteiger partial charge in [0.1, 0.15) is 0 Å². The lowest BCUT2D eigenvalue weighted by Crippen LogP contribution is -2.38. The molecule has 1 fully saturated rings. The third-order valence-corrected chi connectivity index (χ3v) is 5.28. The summed E-state index contributed by atoms with van der Waals surface area (Å²) in [4.78, 5) is 28.5. The molecule has 0 spiro atoms. The molecule has 0 radical (unpaired) electrons.